The molecule has 6 nitrogen and oxygen atoms in total. The quantitative estimate of drug-likeness (QED) is 0.698. The van der Waals surface area contributed by atoms with Crippen LogP contribution in [0.3, 0.4) is 0 Å². The summed E-state index contributed by atoms with van der Waals surface area (Å²) in [6.07, 6.45) is -1.79. The third-order valence-electron chi connectivity index (χ3n) is 2.95. The Morgan fingerprint density at radius 2 is 2.11 bits per heavy atom. The molecule has 2 unspecified atom stereocenters. The number of hydrogen-bond donors (Lipinski definition) is 3. The minimum absolute atomic E-state index is 0.122. The summed E-state index contributed by atoms with van der Waals surface area (Å²) in [4.78, 5) is 17.7. The molecule has 1 aliphatic rings. The van der Waals surface area contributed by atoms with E-state index in [2.05, 4.69) is 10.3 Å². The van der Waals surface area contributed by atoms with Gasteiger partial charge in [0.05, 0.1) is 12.2 Å². The van der Waals surface area contributed by atoms with Crippen LogP contribution in [0, 0.1) is 0 Å². The Hall–Kier alpha value is -1.37. The molecule has 0 radical (unpaired) electrons. The van der Waals surface area contributed by atoms with Gasteiger partial charge in [-0.3, -0.25) is 4.79 Å². The van der Waals surface area contributed by atoms with E-state index in [-0.39, 0.29) is 24.1 Å². The molecule has 1 aromatic rings. The number of likely N-dealkylation sites (tertiary alicyclic amines) is 1. The molecule has 1 saturated heterocycles. The molecule has 2 atom stereocenters. The second-order valence-corrected chi connectivity index (χ2v) is 4.83. The molecular weight excluding hydrogens is 270 g/mol. The fraction of sp³-hybridized carbons (Fsp3) is 0.500. The fourth-order valence-corrected chi connectivity index (χ4v) is 2.22. The van der Waals surface area contributed by atoms with Gasteiger partial charge in [0, 0.05) is 25.2 Å². The number of anilines is 1. The van der Waals surface area contributed by atoms with Crippen molar-refractivity contribution in [1.82, 2.24) is 9.88 Å². The molecule has 3 N–H and O–H groups in total. The number of nitrogens with zero attached hydrogens (tertiary/aromatic N) is 2. The highest BCUT2D eigenvalue weighted by Gasteiger charge is 2.33. The number of β-amino-alcohol motifs (C(OH)–C–C–N with tert-alkyl or cyclic N) is 2. The second kappa shape index (κ2) is 5.73. The number of aliphatic hydroxyl groups is 2. The summed E-state index contributed by atoms with van der Waals surface area (Å²) in [5.74, 6) is 0.248. The van der Waals surface area contributed by atoms with Gasteiger partial charge in [0.2, 0.25) is 0 Å². The minimum atomic E-state index is -0.894. The van der Waals surface area contributed by atoms with E-state index < -0.39 is 12.2 Å². The van der Waals surface area contributed by atoms with Crippen LogP contribution in [0.4, 0.5) is 5.82 Å². The lowest BCUT2D eigenvalue weighted by atomic mass is 10.2. The SMILES string of the molecule is CCNc1cc(C(=O)N2CC(O)C(O)C2)cc(Cl)n1. The van der Waals surface area contributed by atoms with E-state index in [1.807, 2.05) is 6.92 Å². The lowest BCUT2D eigenvalue weighted by molar-refractivity contribution is 0.0572. The van der Waals surface area contributed by atoms with Crippen molar-refractivity contribution in [2.45, 2.75) is 19.1 Å². The number of nitrogens with one attached hydrogen (secondary N) is 1. The number of aromatic nitrogens is 1. The zero-order chi connectivity index (χ0) is 14.0. The summed E-state index contributed by atoms with van der Waals surface area (Å²) in [6.45, 7) is 2.83. The molecule has 2 heterocycles. The van der Waals surface area contributed by atoms with Gasteiger partial charge in [-0.15, -0.1) is 0 Å². The number of amides is 1. The standard InChI is InChI=1S/C12H16ClN3O3/c1-2-14-11-4-7(3-10(13)15-11)12(19)16-5-8(17)9(18)6-16/h3-4,8-9,17-18H,2,5-6H2,1H3,(H,14,15). The first-order valence-corrected chi connectivity index (χ1v) is 6.46. The molecule has 2 rings (SSSR count). The number of rotatable bonds is 3. The Labute approximate surface area is 116 Å². The maximum absolute atomic E-state index is 12.2. The van der Waals surface area contributed by atoms with Crippen LogP contribution >= 0.6 is 11.6 Å². The summed E-state index contributed by atoms with van der Waals surface area (Å²) < 4.78 is 0. The Morgan fingerprint density at radius 3 is 2.68 bits per heavy atom. The maximum Gasteiger partial charge on any atom is 0.254 e. The van der Waals surface area contributed by atoms with Crippen LogP contribution in [0.25, 0.3) is 0 Å². The van der Waals surface area contributed by atoms with Gasteiger partial charge in [-0.2, -0.15) is 0 Å². The van der Waals surface area contributed by atoms with Crippen molar-refractivity contribution in [2.75, 3.05) is 25.0 Å². The van der Waals surface area contributed by atoms with Crippen molar-refractivity contribution in [3.05, 3.63) is 22.8 Å². The van der Waals surface area contributed by atoms with E-state index >= 15 is 0 Å². The van der Waals surface area contributed by atoms with Gasteiger partial charge in [-0.05, 0) is 19.1 Å². The lowest BCUT2D eigenvalue weighted by Crippen LogP contribution is -2.30. The van der Waals surface area contributed by atoms with E-state index in [0.29, 0.717) is 17.9 Å². The number of halogens is 1. The summed E-state index contributed by atoms with van der Waals surface area (Å²) in [5, 5.41) is 22.1. The Bertz CT molecular complexity index is 473. The first-order chi connectivity index (χ1) is 9.01. The topological polar surface area (TPSA) is 85.7 Å². The van der Waals surface area contributed by atoms with Crippen LogP contribution < -0.4 is 5.32 Å². The van der Waals surface area contributed by atoms with Crippen LogP contribution in [0.5, 0.6) is 0 Å². The van der Waals surface area contributed by atoms with E-state index in [9.17, 15) is 15.0 Å². The van der Waals surface area contributed by atoms with Crippen molar-refractivity contribution < 1.29 is 15.0 Å². The Kier molecular flexibility index (Phi) is 4.24. The highest BCUT2D eigenvalue weighted by molar-refractivity contribution is 6.29. The largest absolute Gasteiger partial charge is 0.388 e. The highest BCUT2D eigenvalue weighted by Crippen LogP contribution is 2.19. The number of hydrogen-bond acceptors (Lipinski definition) is 5. The third-order valence-corrected chi connectivity index (χ3v) is 3.14. The zero-order valence-corrected chi connectivity index (χ0v) is 11.3. The number of carbonyl (C=O) groups excluding carboxylic acids is 1. The molecular formula is C12H16ClN3O3. The van der Waals surface area contributed by atoms with Crippen molar-refractivity contribution in [1.29, 1.82) is 0 Å². The summed E-state index contributed by atoms with van der Waals surface area (Å²) in [6, 6.07) is 3.08. The predicted octanol–water partition coefficient (Wildman–Crippen LogP) is 0.344. The van der Waals surface area contributed by atoms with Crippen molar-refractivity contribution in [3.63, 3.8) is 0 Å². The maximum atomic E-state index is 12.2. The van der Waals surface area contributed by atoms with Gasteiger partial charge < -0.3 is 20.4 Å². The van der Waals surface area contributed by atoms with Gasteiger partial charge >= 0.3 is 0 Å². The summed E-state index contributed by atoms with van der Waals surface area (Å²) in [7, 11) is 0. The first-order valence-electron chi connectivity index (χ1n) is 6.08. The van der Waals surface area contributed by atoms with Gasteiger partial charge in [-0.1, -0.05) is 11.6 Å². The highest BCUT2D eigenvalue weighted by atomic mass is 35.5. The lowest BCUT2D eigenvalue weighted by Gasteiger charge is -2.16. The molecule has 0 saturated carbocycles. The normalized spacial score (nSPS) is 22.6. The van der Waals surface area contributed by atoms with Crippen LogP contribution in [-0.2, 0) is 0 Å². The van der Waals surface area contributed by atoms with Crippen molar-refractivity contribution in [2.24, 2.45) is 0 Å². The van der Waals surface area contributed by atoms with Crippen molar-refractivity contribution >= 4 is 23.3 Å². The molecule has 7 heteroatoms. The Balaban J connectivity index is 2.19. The van der Waals surface area contributed by atoms with E-state index in [0.717, 1.165) is 0 Å². The third kappa shape index (κ3) is 3.15. The monoisotopic (exact) mass is 285 g/mol. The van der Waals surface area contributed by atoms with E-state index in [4.69, 9.17) is 11.6 Å². The van der Waals surface area contributed by atoms with Crippen LogP contribution in [0.1, 0.15) is 17.3 Å². The summed E-state index contributed by atoms with van der Waals surface area (Å²) in [5.41, 5.74) is 0.386. The smallest absolute Gasteiger partial charge is 0.254 e. The van der Waals surface area contributed by atoms with E-state index in [1.165, 1.54) is 11.0 Å². The molecule has 1 amide bonds. The average Bonchev–Trinajstić information content (AvgIpc) is 2.68. The van der Waals surface area contributed by atoms with Crippen LogP contribution in [0.2, 0.25) is 5.15 Å². The van der Waals surface area contributed by atoms with Crippen LogP contribution in [0.15, 0.2) is 12.1 Å². The molecule has 0 aromatic carbocycles. The average molecular weight is 286 g/mol. The second-order valence-electron chi connectivity index (χ2n) is 4.44. The molecule has 19 heavy (non-hydrogen) atoms. The molecule has 1 aromatic heterocycles. The number of pyridine rings is 1. The van der Waals surface area contributed by atoms with Gasteiger partial charge in [0.15, 0.2) is 0 Å². The Morgan fingerprint density at radius 1 is 1.47 bits per heavy atom. The van der Waals surface area contributed by atoms with Gasteiger partial charge in [0.25, 0.3) is 5.91 Å². The molecule has 0 bridgehead atoms. The molecule has 1 aliphatic heterocycles. The molecule has 104 valence electrons. The number of aliphatic hydroxyl groups excluding tert-OH is 2. The van der Waals surface area contributed by atoms with Crippen molar-refractivity contribution in [3.8, 4) is 0 Å². The molecule has 0 spiro atoms. The molecule has 1 fully saturated rings. The predicted molar refractivity (Wildman–Crippen MR) is 71.3 cm³/mol. The zero-order valence-electron chi connectivity index (χ0n) is 10.5. The minimum Gasteiger partial charge on any atom is -0.388 e. The van der Waals surface area contributed by atoms with Gasteiger partial charge in [-0.25, -0.2) is 4.98 Å². The number of carbonyl (C=O) groups is 1. The summed E-state index contributed by atoms with van der Waals surface area (Å²) >= 11 is 5.87. The van der Waals surface area contributed by atoms with E-state index in [1.54, 1.807) is 6.07 Å². The van der Waals surface area contributed by atoms with Crippen LogP contribution in [-0.4, -0.2) is 57.8 Å². The fourth-order valence-electron chi connectivity index (χ4n) is 2.01. The van der Waals surface area contributed by atoms with Gasteiger partial charge in [0.1, 0.15) is 11.0 Å². The first kappa shape index (κ1) is 14.0. The molecule has 0 aliphatic carbocycles.